The zero-order valence-electron chi connectivity index (χ0n) is 12.9. The summed E-state index contributed by atoms with van der Waals surface area (Å²) in [5, 5.41) is 3.92. The second-order valence-corrected chi connectivity index (χ2v) is 5.16. The molecule has 0 amide bonds. The van der Waals surface area contributed by atoms with Gasteiger partial charge in [0.1, 0.15) is 0 Å². The van der Waals surface area contributed by atoms with Crippen LogP contribution < -0.4 is 5.43 Å². The lowest BCUT2D eigenvalue weighted by molar-refractivity contribution is -0.137. The van der Waals surface area contributed by atoms with Gasteiger partial charge in [-0.25, -0.2) is 4.68 Å². The molecule has 0 spiro atoms. The molecule has 5 nitrogen and oxygen atoms in total. The number of nitrogens with zero attached hydrogens (tertiary/aromatic N) is 3. The van der Waals surface area contributed by atoms with Crippen molar-refractivity contribution in [1.29, 1.82) is 0 Å². The lowest BCUT2D eigenvalue weighted by Gasteiger charge is -2.09. The standard InChI is InChI=1S/C16H14F3N3O2/c1-21(2)9-7-13(23)15-14(24)8-10-22(20-15)12-5-3-11(4-6-12)16(17,18)19/h3-10H,1-2H3. The van der Waals surface area contributed by atoms with Gasteiger partial charge in [-0.2, -0.15) is 18.3 Å². The average Bonchev–Trinajstić information content (AvgIpc) is 2.52. The first kappa shape index (κ1) is 17.5. The maximum absolute atomic E-state index is 12.6. The first-order valence-electron chi connectivity index (χ1n) is 6.85. The summed E-state index contributed by atoms with van der Waals surface area (Å²) >= 11 is 0. The molecule has 2 aromatic rings. The number of carbonyl (C=O) groups is 1. The molecule has 8 heteroatoms. The van der Waals surface area contributed by atoms with Gasteiger partial charge in [-0.05, 0) is 24.3 Å². The highest BCUT2D eigenvalue weighted by Gasteiger charge is 2.30. The van der Waals surface area contributed by atoms with E-state index in [-0.39, 0.29) is 5.69 Å². The zero-order chi connectivity index (χ0) is 17.9. The van der Waals surface area contributed by atoms with E-state index in [1.807, 2.05) is 0 Å². The number of aromatic nitrogens is 2. The van der Waals surface area contributed by atoms with Crippen molar-refractivity contribution >= 4 is 5.78 Å². The zero-order valence-corrected chi connectivity index (χ0v) is 12.9. The third-order valence-corrected chi connectivity index (χ3v) is 3.02. The van der Waals surface area contributed by atoms with E-state index < -0.39 is 23.0 Å². The van der Waals surface area contributed by atoms with Gasteiger partial charge in [-0.15, -0.1) is 0 Å². The van der Waals surface area contributed by atoms with Crippen molar-refractivity contribution in [3.63, 3.8) is 0 Å². The van der Waals surface area contributed by atoms with Crippen LogP contribution in [0.4, 0.5) is 13.2 Å². The van der Waals surface area contributed by atoms with Crippen molar-refractivity contribution in [3.8, 4) is 5.69 Å². The Bertz CT molecular complexity index is 822. The number of rotatable bonds is 4. The predicted octanol–water partition coefficient (Wildman–Crippen LogP) is 2.51. The van der Waals surface area contributed by atoms with Crippen LogP contribution in [0.3, 0.4) is 0 Å². The van der Waals surface area contributed by atoms with Crippen molar-refractivity contribution in [1.82, 2.24) is 14.7 Å². The summed E-state index contributed by atoms with van der Waals surface area (Å²) in [5.74, 6) is -0.588. The van der Waals surface area contributed by atoms with Gasteiger partial charge in [0.2, 0.25) is 11.2 Å². The molecule has 0 N–H and O–H groups in total. The van der Waals surface area contributed by atoms with Crippen molar-refractivity contribution in [3.05, 3.63) is 70.3 Å². The van der Waals surface area contributed by atoms with Crippen LogP contribution in [0, 0.1) is 0 Å². The van der Waals surface area contributed by atoms with E-state index in [0.29, 0.717) is 5.69 Å². The second kappa shape index (κ2) is 6.69. The lowest BCUT2D eigenvalue weighted by atomic mass is 10.2. The van der Waals surface area contributed by atoms with Crippen LogP contribution in [0.15, 0.2) is 53.6 Å². The number of carbonyl (C=O) groups excluding carboxylic acids is 1. The lowest BCUT2D eigenvalue weighted by Crippen LogP contribution is -2.20. The van der Waals surface area contributed by atoms with Gasteiger partial charge in [0.25, 0.3) is 0 Å². The molecule has 0 unspecified atom stereocenters. The van der Waals surface area contributed by atoms with Crippen LogP contribution in [0.5, 0.6) is 0 Å². The Kier molecular flexibility index (Phi) is 4.87. The molecule has 0 aliphatic heterocycles. The van der Waals surface area contributed by atoms with E-state index in [1.54, 1.807) is 19.0 Å². The van der Waals surface area contributed by atoms with E-state index in [2.05, 4.69) is 5.10 Å². The minimum Gasteiger partial charge on any atom is -0.383 e. The predicted molar refractivity (Wildman–Crippen MR) is 82.0 cm³/mol. The van der Waals surface area contributed by atoms with Gasteiger partial charge >= 0.3 is 6.18 Å². The van der Waals surface area contributed by atoms with Gasteiger partial charge in [0, 0.05) is 38.6 Å². The Hall–Kier alpha value is -2.90. The van der Waals surface area contributed by atoms with Gasteiger partial charge in [-0.1, -0.05) is 0 Å². The fourth-order valence-electron chi connectivity index (χ4n) is 1.82. The summed E-state index contributed by atoms with van der Waals surface area (Å²) in [4.78, 5) is 25.4. The van der Waals surface area contributed by atoms with E-state index in [9.17, 15) is 22.8 Å². The highest BCUT2D eigenvalue weighted by atomic mass is 19.4. The van der Waals surface area contributed by atoms with Crippen LogP contribution in [-0.4, -0.2) is 34.6 Å². The molecule has 24 heavy (non-hydrogen) atoms. The van der Waals surface area contributed by atoms with Crippen LogP contribution >= 0.6 is 0 Å². The monoisotopic (exact) mass is 337 g/mol. The number of benzene rings is 1. The molecule has 2 rings (SSSR count). The normalized spacial score (nSPS) is 11.7. The van der Waals surface area contributed by atoms with Crippen LogP contribution in [0.2, 0.25) is 0 Å². The molecule has 0 bridgehead atoms. The molecule has 0 aliphatic rings. The first-order valence-corrected chi connectivity index (χ1v) is 6.85. The topological polar surface area (TPSA) is 55.2 Å². The van der Waals surface area contributed by atoms with Gasteiger partial charge in [0.15, 0.2) is 5.69 Å². The van der Waals surface area contributed by atoms with Crippen LogP contribution in [0.1, 0.15) is 16.1 Å². The Morgan fingerprint density at radius 1 is 1.17 bits per heavy atom. The van der Waals surface area contributed by atoms with Crippen molar-refractivity contribution in [2.24, 2.45) is 0 Å². The fourth-order valence-corrected chi connectivity index (χ4v) is 1.82. The summed E-state index contributed by atoms with van der Waals surface area (Å²) in [5.41, 5.74) is -1.37. The summed E-state index contributed by atoms with van der Waals surface area (Å²) in [6.07, 6.45) is -0.481. The molecule has 1 aromatic heterocycles. The average molecular weight is 337 g/mol. The summed E-state index contributed by atoms with van der Waals surface area (Å²) in [7, 11) is 3.42. The summed E-state index contributed by atoms with van der Waals surface area (Å²) < 4.78 is 38.9. The van der Waals surface area contributed by atoms with E-state index >= 15 is 0 Å². The van der Waals surface area contributed by atoms with Crippen LogP contribution in [-0.2, 0) is 6.18 Å². The maximum atomic E-state index is 12.6. The minimum atomic E-state index is -4.44. The summed E-state index contributed by atoms with van der Waals surface area (Å²) in [6, 6.07) is 5.38. The van der Waals surface area contributed by atoms with Crippen molar-refractivity contribution < 1.29 is 18.0 Å². The Labute approximate surface area is 135 Å². The van der Waals surface area contributed by atoms with E-state index in [0.717, 1.165) is 18.2 Å². The van der Waals surface area contributed by atoms with E-state index in [4.69, 9.17) is 0 Å². The molecule has 126 valence electrons. The highest BCUT2D eigenvalue weighted by molar-refractivity contribution is 6.02. The third kappa shape index (κ3) is 4.09. The number of alkyl halides is 3. The van der Waals surface area contributed by atoms with Crippen molar-refractivity contribution in [2.75, 3.05) is 14.1 Å². The molecule has 1 heterocycles. The highest BCUT2D eigenvalue weighted by Crippen LogP contribution is 2.29. The molecule has 0 aliphatic carbocycles. The smallest absolute Gasteiger partial charge is 0.383 e. The first-order chi connectivity index (χ1) is 11.2. The molecule has 0 saturated heterocycles. The quantitative estimate of drug-likeness (QED) is 0.635. The summed E-state index contributed by atoms with van der Waals surface area (Å²) in [6.45, 7) is 0. The van der Waals surface area contributed by atoms with Gasteiger partial charge in [0.05, 0.1) is 11.3 Å². The van der Waals surface area contributed by atoms with Crippen molar-refractivity contribution in [2.45, 2.75) is 6.18 Å². The Morgan fingerprint density at radius 2 is 1.79 bits per heavy atom. The largest absolute Gasteiger partial charge is 0.416 e. The molecule has 0 radical (unpaired) electrons. The van der Waals surface area contributed by atoms with Gasteiger partial charge < -0.3 is 4.90 Å². The number of hydrogen-bond acceptors (Lipinski definition) is 4. The van der Waals surface area contributed by atoms with Crippen LogP contribution in [0.25, 0.3) is 5.69 Å². The molecule has 0 saturated carbocycles. The molecular weight excluding hydrogens is 323 g/mol. The fraction of sp³-hybridized carbons (Fsp3) is 0.188. The Balaban J connectivity index is 2.38. The minimum absolute atomic E-state index is 0.300. The second-order valence-electron chi connectivity index (χ2n) is 5.16. The Morgan fingerprint density at radius 3 is 2.33 bits per heavy atom. The molecule has 0 fully saturated rings. The maximum Gasteiger partial charge on any atom is 0.416 e. The molecular formula is C16H14F3N3O2. The third-order valence-electron chi connectivity index (χ3n) is 3.02. The number of ketones is 1. The van der Waals surface area contributed by atoms with E-state index in [1.165, 1.54) is 35.3 Å². The number of halogens is 3. The number of allylic oxidation sites excluding steroid dienone is 1. The molecule has 1 aromatic carbocycles. The number of hydrogen-bond donors (Lipinski definition) is 0. The molecule has 0 atom stereocenters. The SMILES string of the molecule is CN(C)C=CC(=O)c1nn(-c2ccc(C(F)(F)F)cc2)ccc1=O. The van der Waals surface area contributed by atoms with Gasteiger partial charge in [-0.3, -0.25) is 9.59 Å².